The molecule has 3 rings (SSSR count). The molecule has 2 N–H and O–H groups in total. The number of carbonyl (C=O) groups is 2. The number of aliphatic carboxylic acids is 2. The first kappa shape index (κ1) is 25.5. The first-order chi connectivity index (χ1) is 14.7. The predicted molar refractivity (Wildman–Crippen MR) is 122 cm³/mol. The molecule has 31 heavy (non-hydrogen) atoms. The summed E-state index contributed by atoms with van der Waals surface area (Å²) in [6.07, 6.45) is 9.07. The molecule has 2 aliphatic heterocycles. The van der Waals surface area contributed by atoms with Gasteiger partial charge in [0.1, 0.15) is 5.75 Å². The fourth-order valence-corrected chi connectivity index (χ4v) is 4.91. The standard InChI is InChI=1S/C19H27Cl2NO.C4H4O4/c1-3-4-5-13-10-14-6-9-19(22(14)2)16(13)12-23-15-7-8-17(20)18(21)11-15;5-3(6)1-2-4(7)8/h7-8,11,13-14,16,19H,3-6,9-10,12H2,1-2H3;1-2H,(H,5,6)(H,7,8)/b;2-1+/t13-,14?,16+,19?;/m0./s1. The Morgan fingerprint density at radius 3 is 2.42 bits per heavy atom. The number of unbranched alkanes of at least 4 members (excludes halogenated alkanes) is 1. The number of nitrogens with zero attached hydrogens (tertiary/aromatic N) is 1. The summed E-state index contributed by atoms with van der Waals surface area (Å²) in [5.74, 6) is -0.262. The van der Waals surface area contributed by atoms with Crippen molar-refractivity contribution in [2.75, 3.05) is 13.7 Å². The number of carboxylic acids is 2. The maximum Gasteiger partial charge on any atom is 0.328 e. The second-order valence-electron chi connectivity index (χ2n) is 8.16. The van der Waals surface area contributed by atoms with Gasteiger partial charge >= 0.3 is 11.9 Å². The molecule has 0 spiro atoms. The monoisotopic (exact) mass is 471 g/mol. The summed E-state index contributed by atoms with van der Waals surface area (Å²) in [6, 6.07) is 7.03. The number of hydrogen-bond donors (Lipinski definition) is 2. The maximum absolute atomic E-state index is 9.55. The second-order valence-corrected chi connectivity index (χ2v) is 8.98. The molecule has 6 nitrogen and oxygen atoms in total. The fraction of sp³-hybridized carbons (Fsp3) is 0.565. The van der Waals surface area contributed by atoms with Crippen LogP contribution in [0.25, 0.3) is 0 Å². The van der Waals surface area contributed by atoms with Crippen molar-refractivity contribution in [2.45, 2.75) is 57.5 Å². The molecule has 8 heteroatoms. The molecular formula is C23H31Cl2NO5. The number of ether oxygens (including phenoxy) is 1. The molecule has 0 amide bonds. The predicted octanol–water partition coefficient (Wildman–Crippen LogP) is 5.37. The molecular weight excluding hydrogens is 441 g/mol. The van der Waals surface area contributed by atoms with Crippen molar-refractivity contribution >= 4 is 35.1 Å². The SMILES string of the molecule is CCCC[C@H]1CC2CCC([C@@H]1COc1ccc(Cl)c(Cl)c1)N2C.O=C(O)/C=C/C(=O)O. The van der Waals surface area contributed by atoms with Crippen LogP contribution < -0.4 is 4.74 Å². The minimum Gasteiger partial charge on any atom is -0.493 e. The first-order valence-corrected chi connectivity index (χ1v) is 11.4. The van der Waals surface area contributed by atoms with Gasteiger partial charge in [0.15, 0.2) is 0 Å². The molecule has 172 valence electrons. The van der Waals surface area contributed by atoms with Gasteiger partial charge in [-0.2, -0.15) is 0 Å². The lowest BCUT2D eigenvalue weighted by molar-refractivity contribution is -0.134. The molecule has 1 aromatic carbocycles. The topological polar surface area (TPSA) is 87.1 Å². The number of rotatable bonds is 8. The van der Waals surface area contributed by atoms with Crippen molar-refractivity contribution in [1.29, 1.82) is 0 Å². The van der Waals surface area contributed by atoms with Crippen LogP contribution in [0.2, 0.25) is 10.0 Å². The van der Waals surface area contributed by atoms with Crippen molar-refractivity contribution in [1.82, 2.24) is 4.90 Å². The van der Waals surface area contributed by atoms with Crippen LogP contribution in [0.1, 0.15) is 45.4 Å². The van der Waals surface area contributed by atoms with E-state index in [9.17, 15) is 9.59 Å². The lowest BCUT2D eigenvalue weighted by atomic mass is 9.78. The van der Waals surface area contributed by atoms with Crippen LogP contribution in [-0.2, 0) is 9.59 Å². The average Bonchev–Trinajstić information content (AvgIpc) is 2.96. The van der Waals surface area contributed by atoms with Gasteiger partial charge in [-0.3, -0.25) is 0 Å². The van der Waals surface area contributed by atoms with Crippen LogP contribution in [0.4, 0.5) is 0 Å². The molecule has 0 radical (unpaired) electrons. The van der Waals surface area contributed by atoms with Crippen LogP contribution in [0, 0.1) is 11.8 Å². The fourth-order valence-electron chi connectivity index (χ4n) is 4.63. The molecule has 1 aromatic rings. The summed E-state index contributed by atoms with van der Waals surface area (Å²) in [7, 11) is 2.30. The van der Waals surface area contributed by atoms with E-state index in [1.165, 1.54) is 38.5 Å². The van der Waals surface area contributed by atoms with E-state index in [1.807, 2.05) is 18.2 Å². The number of hydrogen-bond acceptors (Lipinski definition) is 4. The Hall–Kier alpha value is -1.76. The van der Waals surface area contributed by atoms with Crippen LogP contribution in [0.3, 0.4) is 0 Å². The zero-order valence-corrected chi connectivity index (χ0v) is 19.5. The third-order valence-electron chi connectivity index (χ3n) is 6.20. The highest BCUT2D eigenvalue weighted by atomic mass is 35.5. The lowest BCUT2D eigenvalue weighted by Gasteiger charge is -2.43. The van der Waals surface area contributed by atoms with Crippen molar-refractivity contribution in [2.24, 2.45) is 11.8 Å². The van der Waals surface area contributed by atoms with E-state index in [4.69, 9.17) is 38.2 Å². The lowest BCUT2D eigenvalue weighted by Crippen LogP contribution is -2.48. The van der Waals surface area contributed by atoms with Gasteiger partial charge in [-0.15, -0.1) is 0 Å². The Labute approximate surface area is 193 Å². The molecule has 2 bridgehead atoms. The van der Waals surface area contributed by atoms with E-state index in [0.29, 0.717) is 34.2 Å². The van der Waals surface area contributed by atoms with Gasteiger partial charge in [0.05, 0.1) is 16.7 Å². The van der Waals surface area contributed by atoms with Gasteiger partial charge in [0.2, 0.25) is 0 Å². The molecule has 2 aliphatic rings. The van der Waals surface area contributed by atoms with Gasteiger partial charge in [0, 0.05) is 36.2 Å². The summed E-state index contributed by atoms with van der Waals surface area (Å²) in [4.78, 5) is 21.7. The zero-order chi connectivity index (χ0) is 23.0. The Morgan fingerprint density at radius 1 is 1.16 bits per heavy atom. The minimum atomic E-state index is -1.26. The second kappa shape index (κ2) is 12.3. The van der Waals surface area contributed by atoms with E-state index in [0.717, 1.165) is 24.3 Å². The number of fused-ring (bicyclic) bond motifs is 2. The summed E-state index contributed by atoms with van der Waals surface area (Å²) in [5.41, 5.74) is 0. The van der Waals surface area contributed by atoms with E-state index >= 15 is 0 Å². The minimum absolute atomic E-state index is 0.558. The van der Waals surface area contributed by atoms with Crippen molar-refractivity contribution in [3.63, 3.8) is 0 Å². The highest BCUT2D eigenvalue weighted by Crippen LogP contribution is 2.43. The average molecular weight is 472 g/mol. The Balaban J connectivity index is 0.000000366. The third-order valence-corrected chi connectivity index (χ3v) is 6.94. The molecule has 0 saturated carbocycles. The molecule has 2 heterocycles. The Morgan fingerprint density at radius 2 is 1.84 bits per heavy atom. The smallest absolute Gasteiger partial charge is 0.328 e. The Kier molecular flexibility index (Phi) is 10.1. The molecule has 2 unspecified atom stereocenters. The summed E-state index contributed by atoms with van der Waals surface area (Å²) >= 11 is 12.1. The van der Waals surface area contributed by atoms with Gasteiger partial charge in [-0.1, -0.05) is 43.0 Å². The van der Waals surface area contributed by atoms with E-state index in [2.05, 4.69) is 18.9 Å². The van der Waals surface area contributed by atoms with Crippen LogP contribution in [-0.4, -0.2) is 52.8 Å². The van der Waals surface area contributed by atoms with Gasteiger partial charge in [-0.05, 0) is 50.8 Å². The van der Waals surface area contributed by atoms with E-state index in [-0.39, 0.29) is 0 Å². The number of halogens is 2. The third kappa shape index (κ3) is 7.70. The maximum atomic E-state index is 9.55. The van der Waals surface area contributed by atoms with Gasteiger partial charge < -0.3 is 19.8 Å². The Bertz CT molecular complexity index is 769. The van der Waals surface area contributed by atoms with Gasteiger partial charge in [-0.25, -0.2) is 9.59 Å². The van der Waals surface area contributed by atoms with Crippen molar-refractivity contribution in [3.8, 4) is 5.75 Å². The molecule has 4 atom stereocenters. The number of carboxylic acid groups (broad SMARTS) is 2. The summed E-state index contributed by atoms with van der Waals surface area (Å²) in [6.45, 7) is 3.07. The van der Waals surface area contributed by atoms with Crippen molar-refractivity contribution < 1.29 is 24.5 Å². The molecule has 0 aromatic heterocycles. The normalized spacial score (nSPS) is 25.2. The van der Waals surface area contributed by atoms with E-state index < -0.39 is 11.9 Å². The molecule has 2 fully saturated rings. The van der Waals surface area contributed by atoms with E-state index in [1.54, 1.807) is 0 Å². The quantitative estimate of drug-likeness (QED) is 0.495. The summed E-state index contributed by atoms with van der Waals surface area (Å²) < 4.78 is 6.12. The van der Waals surface area contributed by atoms with Crippen LogP contribution in [0.15, 0.2) is 30.4 Å². The molecule has 0 aliphatic carbocycles. The first-order valence-electron chi connectivity index (χ1n) is 10.7. The largest absolute Gasteiger partial charge is 0.493 e. The highest BCUT2D eigenvalue weighted by molar-refractivity contribution is 6.42. The van der Waals surface area contributed by atoms with Crippen molar-refractivity contribution in [3.05, 3.63) is 40.4 Å². The van der Waals surface area contributed by atoms with Gasteiger partial charge in [0.25, 0.3) is 0 Å². The van der Waals surface area contributed by atoms with Crippen LogP contribution in [0.5, 0.6) is 5.75 Å². The molecule has 2 saturated heterocycles. The summed E-state index contributed by atoms with van der Waals surface area (Å²) in [5, 5.41) is 16.8. The number of benzene rings is 1. The zero-order valence-electron chi connectivity index (χ0n) is 18.0. The van der Waals surface area contributed by atoms with Crippen LogP contribution >= 0.6 is 23.2 Å². The number of piperidine rings is 1. The highest BCUT2D eigenvalue weighted by Gasteiger charge is 2.45.